The average molecular weight is 214 g/mol. The standard InChI is InChI=1S/C11H13ClFN/c1-7-9(11-3-2-4-14-11)5-8(13)6-10(7)12/h5-6,11,14H,2-4H2,1H3. The van der Waals surface area contributed by atoms with Gasteiger partial charge in [0.2, 0.25) is 0 Å². The SMILES string of the molecule is Cc1c(Cl)cc(F)cc1C1CCCN1. The fourth-order valence-corrected chi connectivity index (χ4v) is 2.19. The lowest BCUT2D eigenvalue weighted by Crippen LogP contribution is -2.14. The van der Waals surface area contributed by atoms with E-state index >= 15 is 0 Å². The van der Waals surface area contributed by atoms with Crippen molar-refractivity contribution >= 4 is 11.6 Å². The van der Waals surface area contributed by atoms with Gasteiger partial charge in [-0.3, -0.25) is 0 Å². The third kappa shape index (κ3) is 1.77. The van der Waals surface area contributed by atoms with Gasteiger partial charge in [-0.15, -0.1) is 0 Å². The molecular weight excluding hydrogens is 201 g/mol. The van der Waals surface area contributed by atoms with E-state index in [4.69, 9.17) is 11.6 Å². The molecule has 3 heteroatoms. The Morgan fingerprint density at radius 2 is 2.29 bits per heavy atom. The molecule has 1 nitrogen and oxygen atoms in total. The second kappa shape index (κ2) is 3.87. The van der Waals surface area contributed by atoms with Gasteiger partial charge in [0.05, 0.1) is 0 Å². The van der Waals surface area contributed by atoms with Crippen molar-refractivity contribution in [1.29, 1.82) is 0 Å². The number of rotatable bonds is 1. The van der Waals surface area contributed by atoms with Gasteiger partial charge in [0.15, 0.2) is 0 Å². The minimum absolute atomic E-state index is 0.246. The first-order valence-corrected chi connectivity index (χ1v) is 5.25. The zero-order valence-electron chi connectivity index (χ0n) is 8.11. The number of nitrogens with one attached hydrogen (secondary N) is 1. The first-order chi connectivity index (χ1) is 6.68. The van der Waals surface area contributed by atoms with E-state index in [0.29, 0.717) is 5.02 Å². The van der Waals surface area contributed by atoms with Crippen LogP contribution in [0, 0.1) is 12.7 Å². The van der Waals surface area contributed by atoms with Gasteiger partial charge < -0.3 is 5.32 Å². The monoisotopic (exact) mass is 213 g/mol. The summed E-state index contributed by atoms with van der Waals surface area (Å²) in [6.07, 6.45) is 2.22. The summed E-state index contributed by atoms with van der Waals surface area (Å²) in [4.78, 5) is 0. The van der Waals surface area contributed by atoms with E-state index in [1.54, 1.807) is 6.07 Å². The van der Waals surface area contributed by atoms with Crippen molar-refractivity contribution in [2.24, 2.45) is 0 Å². The summed E-state index contributed by atoms with van der Waals surface area (Å²) >= 11 is 5.93. The predicted molar refractivity (Wildman–Crippen MR) is 56.1 cm³/mol. The van der Waals surface area contributed by atoms with Crippen molar-refractivity contribution in [3.63, 3.8) is 0 Å². The molecule has 0 radical (unpaired) electrons. The molecule has 1 saturated heterocycles. The van der Waals surface area contributed by atoms with Gasteiger partial charge in [-0.25, -0.2) is 4.39 Å². The Kier molecular flexibility index (Phi) is 2.75. The van der Waals surface area contributed by atoms with Gasteiger partial charge in [-0.2, -0.15) is 0 Å². The van der Waals surface area contributed by atoms with Crippen LogP contribution >= 0.6 is 11.6 Å². The number of hydrogen-bond acceptors (Lipinski definition) is 1. The van der Waals surface area contributed by atoms with Crippen molar-refractivity contribution in [2.45, 2.75) is 25.8 Å². The minimum Gasteiger partial charge on any atom is -0.310 e. The van der Waals surface area contributed by atoms with Gasteiger partial charge in [0.25, 0.3) is 0 Å². The third-order valence-electron chi connectivity index (χ3n) is 2.78. The van der Waals surface area contributed by atoms with Crippen LogP contribution < -0.4 is 5.32 Å². The van der Waals surface area contributed by atoms with Crippen LogP contribution in [-0.4, -0.2) is 6.54 Å². The molecule has 2 rings (SSSR count). The predicted octanol–water partition coefficient (Wildman–Crippen LogP) is 3.21. The summed E-state index contributed by atoms with van der Waals surface area (Å²) in [5, 5.41) is 3.86. The highest BCUT2D eigenvalue weighted by molar-refractivity contribution is 6.31. The van der Waals surface area contributed by atoms with Crippen molar-refractivity contribution in [1.82, 2.24) is 5.32 Å². The van der Waals surface area contributed by atoms with Crippen LogP contribution in [0.15, 0.2) is 12.1 Å². The Morgan fingerprint density at radius 3 is 2.93 bits per heavy atom. The maximum absolute atomic E-state index is 13.1. The highest BCUT2D eigenvalue weighted by Crippen LogP contribution is 2.30. The van der Waals surface area contributed by atoms with Gasteiger partial charge in [0.1, 0.15) is 5.82 Å². The van der Waals surface area contributed by atoms with Crippen molar-refractivity contribution < 1.29 is 4.39 Å². The molecule has 1 unspecified atom stereocenters. The molecule has 1 fully saturated rings. The van der Waals surface area contributed by atoms with Crippen LogP contribution in [0.4, 0.5) is 4.39 Å². The van der Waals surface area contributed by atoms with E-state index < -0.39 is 0 Å². The quantitative estimate of drug-likeness (QED) is 0.756. The molecule has 0 saturated carbocycles. The molecule has 1 aliphatic rings. The smallest absolute Gasteiger partial charge is 0.125 e. The lowest BCUT2D eigenvalue weighted by molar-refractivity contribution is 0.604. The van der Waals surface area contributed by atoms with Crippen LogP contribution in [0.3, 0.4) is 0 Å². The highest BCUT2D eigenvalue weighted by Gasteiger charge is 2.19. The first-order valence-electron chi connectivity index (χ1n) is 4.87. The molecule has 1 aliphatic heterocycles. The van der Waals surface area contributed by atoms with Crippen molar-refractivity contribution in [3.05, 3.63) is 34.1 Å². The molecule has 1 aromatic rings. The molecule has 76 valence electrons. The van der Waals surface area contributed by atoms with Gasteiger partial charge in [-0.1, -0.05) is 11.6 Å². The molecule has 1 atom stereocenters. The lowest BCUT2D eigenvalue weighted by Gasteiger charge is -2.14. The molecule has 1 heterocycles. The first kappa shape index (κ1) is 9.94. The maximum Gasteiger partial charge on any atom is 0.125 e. The fraction of sp³-hybridized carbons (Fsp3) is 0.455. The Balaban J connectivity index is 2.40. The van der Waals surface area contributed by atoms with E-state index in [-0.39, 0.29) is 11.9 Å². The normalized spacial score (nSPS) is 21.5. The second-order valence-electron chi connectivity index (χ2n) is 3.75. The maximum atomic E-state index is 13.1. The van der Waals surface area contributed by atoms with Gasteiger partial charge >= 0.3 is 0 Å². The molecule has 14 heavy (non-hydrogen) atoms. The number of halogens is 2. The Bertz CT molecular complexity index is 345. The topological polar surface area (TPSA) is 12.0 Å². The highest BCUT2D eigenvalue weighted by atomic mass is 35.5. The third-order valence-corrected chi connectivity index (χ3v) is 3.18. The van der Waals surface area contributed by atoms with Gasteiger partial charge in [0, 0.05) is 11.1 Å². The number of hydrogen-bond donors (Lipinski definition) is 1. The molecule has 0 bridgehead atoms. The van der Waals surface area contributed by atoms with Crippen molar-refractivity contribution in [3.8, 4) is 0 Å². The Labute approximate surface area is 88.3 Å². The average Bonchev–Trinajstić information content (AvgIpc) is 2.63. The number of benzene rings is 1. The van der Waals surface area contributed by atoms with E-state index in [1.807, 2.05) is 6.92 Å². The summed E-state index contributed by atoms with van der Waals surface area (Å²) in [6.45, 7) is 2.95. The van der Waals surface area contributed by atoms with Crippen LogP contribution in [-0.2, 0) is 0 Å². The van der Waals surface area contributed by atoms with Crippen LogP contribution in [0.2, 0.25) is 5.02 Å². The fourth-order valence-electron chi connectivity index (χ4n) is 1.98. The van der Waals surface area contributed by atoms with Crippen LogP contribution in [0.25, 0.3) is 0 Å². The van der Waals surface area contributed by atoms with Gasteiger partial charge in [-0.05, 0) is 49.6 Å². The summed E-state index contributed by atoms with van der Waals surface area (Å²) in [5.74, 6) is -0.246. The Hall–Kier alpha value is -0.600. The largest absolute Gasteiger partial charge is 0.310 e. The van der Waals surface area contributed by atoms with Crippen molar-refractivity contribution in [2.75, 3.05) is 6.54 Å². The lowest BCUT2D eigenvalue weighted by atomic mass is 10.00. The molecular formula is C11H13ClFN. The zero-order valence-corrected chi connectivity index (χ0v) is 8.87. The van der Waals surface area contributed by atoms with E-state index in [0.717, 1.165) is 30.5 Å². The summed E-state index contributed by atoms with van der Waals surface area (Å²) in [6, 6.07) is 3.24. The summed E-state index contributed by atoms with van der Waals surface area (Å²) in [5.41, 5.74) is 2.00. The Morgan fingerprint density at radius 1 is 1.50 bits per heavy atom. The van der Waals surface area contributed by atoms with Crippen LogP contribution in [0.1, 0.15) is 30.0 Å². The molecule has 0 spiro atoms. The van der Waals surface area contributed by atoms with E-state index in [9.17, 15) is 4.39 Å². The molecule has 1 aromatic carbocycles. The molecule has 0 amide bonds. The minimum atomic E-state index is -0.246. The zero-order chi connectivity index (χ0) is 10.1. The second-order valence-corrected chi connectivity index (χ2v) is 4.16. The summed E-state index contributed by atoms with van der Waals surface area (Å²) < 4.78 is 13.1. The molecule has 0 aliphatic carbocycles. The molecule has 0 aromatic heterocycles. The molecule has 1 N–H and O–H groups in total. The van der Waals surface area contributed by atoms with E-state index in [1.165, 1.54) is 6.07 Å². The summed E-state index contributed by atoms with van der Waals surface area (Å²) in [7, 11) is 0. The van der Waals surface area contributed by atoms with E-state index in [2.05, 4.69) is 5.32 Å². The van der Waals surface area contributed by atoms with Crippen LogP contribution in [0.5, 0.6) is 0 Å².